The average molecular weight is 845 g/mol. The van der Waals surface area contributed by atoms with Gasteiger partial charge in [0.25, 0.3) is 0 Å². The summed E-state index contributed by atoms with van der Waals surface area (Å²) in [6, 6.07) is 79.2. The smallest absolute Gasteiger partial charge is 0.164 e. The van der Waals surface area contributed by atoms with Crippen molar-refractivity contribution in [2.75, 3.05) is 0 Å². The van der Waals surface area contributed by atoms with Crippen LogP contribution in [0.1, 0.15) is 0 Å². The normalized spacial score (nSPS) is 11.0. The highest BCUT2D eigenvalue weighted by Gasteiger charge is 2.19. The molecule has 3 aromatic heterocycles. The van der Waals surface area contributed by atoms with Crippen molar-refractivity contribution in [3.05, 3.63) is 243 Å². The summed E-state index contributed by atoms with van der Waals surface area (Å²) in [4.78, 5) is 30.0. The van der Waals surface area contributed by atoms with Crippen LogP contribution in [0, 0.1) is 0 Å². The Balaban J connectivity index is 1.05. The lowest BCUT2D eigenvalue weighted by Gasteiger charge is -2.16. The van der Waals surface area contributed by atoms with Crippen LogP contribution in [0.25, 0.3) is 113 Å². The highest BCUT2D eigenvalue weighted by atomic mass is 15.0. The van der Waals surface area contributed by atoms with Crippen LogP contribution < -0.4 is 0 Å². The van der Waals surface area contributed by atoms with E-state index in [9.17, 15) is 0 Å². The average Bonchev–Trinajstić information content (AvgIpc) is 3.42. The number of hydrogen-bond donors (Lipinski definition) is 0. The summed E-state index contributed by atoms with van der Waals surface area (Å²) in [5.41, 5.74) is 15.9. The Bertz CT molecular complexity index is 3400. The molecule has 0 aliphatic carbocycles. The molecule has 310 valence electrons. The molecule has 0 saturated carbocycles. The van der Waals surface area contributed by atoms with E-state index in [1.165, 1.54) is 0 Å². The highest BCUT2D eigenvalue weighted by Crippen LogP contribution is 2.40. The van der Waals surface area contributed by atoms with Gasteiger partial charge in [-0.3, -0.25) is 4.98 Å². The number of pyridine rings is 1. The monoisotopic (exact) mass is 844 g/mol. The predicted molar refractivity (Wildman–Crippen MR) is 268 cm³/mol. The number of aromatic nitrogens is 6. The van der Waals surface area contributed by atoms with Gasteiger partial charge < -0.3 is 0 Å². The maximum absolute atomic E-state index is 5.28. The Morgan fingerprint density at radius 3 is 1.29 bits per heavy atom. The van der Waals surface area contributed by atoms with Gasteiger partial charge in [-0.05, 0) is 80.9 Å². The molecule has 0 aliphatic heterocycles. The van der Waals surface area contributed by atoms with Crippen LogP contribution in [0.4, 0.5) is 0 Å². The number of rotatable bonds is 10. The predicted octanol–water partition coefficient (Wildman–Crippen LogP) is 14.7. The molecule has 11 aromatic rings. The summed E-state index contributed by atoms with van der Waals surface area (Å²) in [7, 11) is 0. The van der Waals surface area contributed by atoms with Gasteiger partial charge in [-0.25, -0.2) is 24.9 Å². The molecule has 0 bridgehead atoms. The van der Waals surface area contributed by atoms with Gasteiger partial charge in [0.1, 0.15) is 0 Å². The van der Waals surface area contributed by atoms with E-state index in [4.69, 9.17) is 24.9 Å². The summed E-state index contributed by atoms with van der Waals surface area (Å²) in [5, 5.41) is 0. The molecule has 11 rings (SSSR count). The maximum atomic E-state index is 5.28. The lowest BCUT2D eigenvalue weighted by Crippen LogP contribution is -2.01. The molecule has 66 heavy (non-hydrogen) atoms. The van der Waals surface area contributed by atoms with Crippen LogP contribution in [0.2, 0.25) is 0 Å². The lowest BCUT2D eigenvalue weighted by molar-refractivity contribution is 1.07. The van der Waals surface area contributed by atoms with E-state index in [1.807, 2.05) is 103 Å². The molecule has 3 heterocycles. The van der Waals surface area contributed by atoms with Gasteiger partial charge in [-0.15, -0.1) is 0 Å². The molecule has 0 amide bonds. The van der Waals surface area contributed by atoms with Gasteiger partial charge in [0.05, 0.1) is 11.4 Å². The van der Waals surface area contributed by atoms with Crippen molar-refractivity contribution >= 4 is 0 Å². The third kappa shape index (κ3) is 8.30. The van der Waals surface area contributed by atoms with Crippen molar-refractivity contribution in [1.29, 1.82) is 0 Å². The summed E-state index contributed by atoms with van der Waals surface area (Å²) in [5.74, 6) is 2.50. The second-order valence-electron chi connectivity index (χ2n) is 15.9. The van der Waals surface area contributed by atoms with E-state index in [-0.39, 0.29) is 0 Å². The zero-order valence-electron chi connectivity index (χ0n) is 35.8. The van der Waals surface area contributed by atoms with Crippen LogP contribution in [0.15, 0.2) is 243 Å². The first-order chi connectivity index (χ1) is 32.7. The van der Waals surface area contributed by atoms with E-state index in [2.05, 4.69) is 145 Å². The molecule has 0 unspecified atom stereocenters. The SMILES string of the molecule is c1ccc(-c2cccc(-c3nc(-c4ccccc4)cc(-c4cccc(-c5cc(-c6ccccc6-c6nc(-c7ccccc7)nc(-c7ccccc7)n6)ccc5-c5ccncc5)c4)n3)c2)cc1. The summed E-state index contributed by atoms with van der Waals surface area (Å²) in [6.07, 6.45) is 3.68. The molecule has 0 radical (unpaired) electrons. The molecule has 6 nitrogen and oxygen atoms in total. The van der Waals surface area contributed by atoms with E-state index in [0.29, 0.717) is 23.3 Å². The Morgan fingerprint density at radius 1 is 0.197 bits per heavy atom. The highest BCUT2D eigenvalue weighted by molar-refractivity contribution is 5.91. The largest absolute Gasteiger partial charge is 0.265 e. The fourth-order valence-electron chi connectivity index (χ4n) is 8.39. The van der Waals surface area contributed by atoms with Crippen LogP contribution in [-0.2, 0) is 0 Å². The minimum atomic E-state index is 0.600. The first-order valence-corrected chi connectivity index (χ1v) is 21.9. The van der Waals surface area contributed by atoms with E-state index < -0.39 is 0 Å². The Kier molecular flexibility index (Phi) is 10.9. The Labute approximate surface area is 383 Å². The van der Waals surface area contributed by atoms with Crippen molar-refractivity contribution in [2.45, 2.75) is 0 Å². The van der Waals surface area contributed by atoms with Gasteiger partial charge >= 0.3 is 0 Å². The van der Waals surface area contributed by atoms with Gasteiger partial charge in [0, 0.05) is 45.8 Å². The number of nitrogens with zero attached hydrogens (tertiary/aromatic N) is 6. The minimum Gasteiger partial charge on any atom is -0.265 e. The standard InChI is InChI=1S/C60H40N6/c1-5-17-41(18-6-1)46-25-15-28-50(37-46)59-62-55(43-19-7-2-8-20-43)40-56(63-59)49-27-16-26-47(38-49)54-39-48(31-32-52(54)42-33-35-61-36-34-42)51-29-13-14-30-53(51)60-65-57(44-21-9-3-10-22-44)64-58(66-60)45-23-11-4-12-24-45/h1-40H. The van der Waals surface area contributed by atoms with Gasteiger partial charge in [-0.2, -0.15) is 0 Å². The molecule has 0 atom stereocenters. The number of hydrogen-bond acceptors (Lipinski definition) is 6. The van der Waals surface area contributed by atoms with Crippen LogP contribution in [0.3, 0.4) is 0 Å². The molecule has 0 aliphatic rings. The van der Waals surface area contributed by atoms with Crippen molar-refractivity contribution in [2.24, 2.45) is 0 Å². The Morgan fingerprint density at radius 2 is 0.636 bits per heavy atom. The lowest BCUT2D eigenvalue weighted by atomic mass is 9.89. The van der Waals surface area contributed by atoms with Crippen molar-refractivity contribution < 1.29 is 0 Å². The molecular formula is C60H40N6. The van der Waals surface area contributed by atoms with E-state index in [1.54, 1.807) is 0 Å². The second-order valence-corrected chi connectivity index (χ2v) is 15.9. The van der Waals surface area contributed by atoms with Gasteiger partial charge in [0.2, 0.25) is 0 Å². The number of benzene rings is 8. The van der Waals surface area contributed by atoms with Crippen LogP contribution >= 0.6 is 0 Å². The maximum Gasteiger partial charge on any atom is 0.164 e. The first kappa shape index (κ1) is 39.8. The fraction of sp³-hybridized carbons (Fsp3) is 0. The second kappa shape index (κ2) is 18.0. The van der Waals surface area contributed by atoms with Crippen molar-refractivity contribution in [1.82, 2.24) is 29.9 Å². The molecule has 0 spiro atoms. The minimum absolute atomic E-state index is 0.600. The van der Waals surface area contributed by atoms with Crippen molar-refractivity contribution in [3.8, 4) is 113 Å². The molecule has 6 heteroatoms. The summed E-state index contributed by atoms with van der Waals surface area (Å²) >= 11 is 0. The summed E-state index contributed by atoms with van der Waals surface area (Å²) in [6.45, 7) is 0. The van der Waals surface area contributed by atoms with Crippen LogP contribution in [-0.4, -0.2) is 29.9 Å². The topological polar surface area (TPSA) is 77.3 Å². The fourth-order valence-corrected chi connectivity index (χ4v) is 8.39. The van der Waals surface area contributed by atoms with E-state index in [0.717, 1.165) is 89.3 Å². The molecule has 8 aromatic carbocycles. The van der Waals surface area contributed by atoms with Crippen molar-refractivity contribution in [3.63, 3.8) is 0 Å². The quantitative estimate of drug-likeness (QED) is 0.136. The van der Waals surface area contributed by atoms with E-state index >= 15 is 0 Å². The summed E-state index contributed by atoms with van der Waals surface area (Å²) < 4.78 is 0. The zero-order valence-corrected chi connectivity index (χ0v) is 35.8. The first-order valence-electron chi connectivity index (χ1n) is 21.9. The van der Waals surface area contributed by atoms with Gasteiger partial charge in [0.15, 0.2) is 23.3 Å². The third-order valence-corrected chi connectivity index (χ3v) is 11.7. The molecule has 0 saturated heterocycles. The molecule has 0 fully saturated rings. The van der Waals surface area contributed by atoms with Gasteiger partial charge in [-0.1, -0.05) is 194 Å². The molecule has 0 N–H and O–H groups in total. The Hall–Kier alpha value is -9.00. The molecular weight excluding hydrogens is 805 g/mol. The van der Waals surface area contributed by atoms with Crippen LogP contribution in [0.5, 0.6) is 0 Å². The third-order valence-electron chi connectivity index (χ3n) is 11.7. The zero-order chi connectivity index (χ0) is 44.1.